The van der Waals surface area contributed by atoms with Gasteiger partial charge in [0.25, 0.3) is 0 Å². The lowest BCUT2D eigenvalue weighted by molar-refractivity contribution is -0.143. The third-order valence-electron chi connectivity index (χ3n) is 5.02. The van der Waals surface area contributed by atoms with Crippen molar-refractivity contribution in [1.82, 2.24) is 16.0 Å². The molecule has 4 atom stereocenters. The number of thiol groups is 1. The average molecular weight is 481 g/mol. The summed E-state index contributed by atoms with van der Waals surface area (Å²) in [7, 11) is 0. The summed E-state index contributed by atoms with van der Waals surface area (Å²) in [5.74, 6) is -3.02. The van der Waals surface area contributed by atoms with Crippen LogP contribution in [0, 0.1) is 11.8 Å². The number of benzene rings is 1. The van der Waals surface area contributed by atoms with Gasteiger partial charge in [0.2, 0.25) is 17.7 Å². The Balaban J connectivity index is 3.08. The number of nitrogens with two attached hydrogens (primary N) is 1. The number of nitrogens with one attached hydrogen (secondary N) is 3. The van der Waals surface area contributed by atoms with E-state index in [9.17, 15) is 24.3 Å². The summed E-state index contributed by atoms with van der Waals surface area (Å²) in [6.07, 6.45) is 0.488. The molecule has 10 heteroatoms. The van der Waals surface area contributed by atoms with Crippen LogP contribution in [0.5, 0.6) is 0 Å². The monoisotopic (exact) mass is 480 g/mol. The van der Waals surface area contributed by atoms with E-state index in [1.807, 2.05) is 44.2 Å². The van der Waals surface area contributed by atoms with Crippen LogP contribution in [0.4, 0.5) is 0 Å². The second kappa shape index (κ2) is 13.8. The Morgan fingerprint density at radius 2 is 1.45 bits per heavy atom. The summed E-state index contributed by atoms with van der Waals surface area (Å²) in [4.78, 5) is 49.9. The van der Waals surface area contributed by atoms with Gasteiger partial charge in [-0.25, -0.2) is 4.79 Å². The van der Waals surface area contributed by atoms with E-state index in [0.29, 0.717) is 6.42 Å². The predicted molar refractivity (Wildman–Crippen MR) is 130 cm³/mol. The molecule has 1 rings (SSSR count). The van der Waals surface area contributed by atoms with Gasteiger partial charge in [0.1, 0.15) is 18.1 Å². The van der Waals surface area contributed by atoms with Gasteiger partial charge in [0, 0.05) is 12.2 Å². The summed E-state index contributed by atoms with van der Waals surface area (Å²) >= 11 is 4.03. The smallest absolute Gasteiger partial charge is 0.326 e. The molecule has 1 aromatic carbocycles. The van der Waals surface area contributed by atoms with Crippen molar-refractivity contribution in [2.75, 3.05) is 5.75 Å². The van der Waals surface area contributed by atoms with Crippen LogP contribution in [-0.4, -0.2) is 58.7 Å². The first-order valence-corrected chi connectivity index (χ1v) is 11.6. The van der Waals surface area contributed by atoms with Crippen LogP contribution in [0.1, 0.15) is 39.7 Å². The maximum atomic E-state index is 13.2. The van der Waals surface area contributed by atoms with Gasteiger partial charge in [0.05, 0.1) is 6.04 Å². The first kappa shape index (κ1) is 28.4. The number of carbonyl (C=O) groups is 4. The highest BCUT2D eigenvalue weighted by Crippen LogP contribution is 2.10. The Hall–Kier alpha value is -2.59. The second-order valence-corrected chi connectivity index (χ2v) is 9.16. The second-order valence-electron chi connectivity index (χ2n) is 8.80. The zero-order valence-electron chi connectivity index (χ0n) is 19.6. The van der Waals surface area contributed by atoms with Crippen molar-refractivity contribution < 1.29 is 24.3 Å². The summed E-state index contributed by atoms with van der Waals surface area (Å²) in [6.45, 7) is 7.15. The van der Waals surface area contributed by atoms with Crippen molar-refractivity contribution in [1.29, 1.82) is 0 Å². The normalized spacial score (nSPS) is 14.8. The molecule has 184 valence electrons. The number of aliphatic carboxylic acids is 1. The van der Waals surface area contributed by atoms with Crippen molar-refractivity contribution >= 4 is 36.3 Å². The van der Waals surface area contributed by atoms with Crippen LogP contribution in [0.2, 0.25) is 0 Å². The van der Waals surface area contributed by atoms with Crippen LogP contribution in [-0.2, 0) is 25.6 Å². The minimum Gasteiger partial charge on any atom is -0.480 e. The zero-order valence-corrected chi connectivity index (χ0v) is 20.5. The van der Waals surface area contributed by atoms with Gasteiger partial charge in [-0.05, 0) is 23.8 Å². The van der Waals surface area contributed by atoms with Crippen LogP contribution >= 0.6 is 12.6 Å². The number of hydrogen-bond acceptors (Lipinski definition) is 6. The lowest BCUT2D eigenvalue weighted by Crippen LogP contribution is -2.58. The van der Waals surface area contributed by atoms with Gasteiger partial charge in [-0.2, -0.15) is 12.6 Å². The van der Waals surface area contributed by atoms with E-state index in [1.165, 1.54) is 0 Å². The van der Waals surface area contributed by atoms with Gasteiger partial charge in [-0.3, -0.25) is 14.4 Å². The maximum Gasteiger partial charge on any atom is 0.326 e. The fraction of sp³-hybridized carbons (Fsp3) is 0.565. The van der Waals surface area contributed by atoms with Gasteiger partial charge in [-0.1, -0.05) is 58.0 Å². The summed E-state index contributed by atoms with van der Waals surface area (Å²) in [5.41, 5.74) is 6.56. The molecule has 4 unspecified atom stereocenters. The molecule has 0 bridgehead atoms. The van der Waals surface area contributed by atoms with Gasteiger partial charge < -0.3 is 26.8 Å². The van der Waals surface area contributed by atoms with E-state index in [1.54, 1.807) is 13.8 Å². The Morgan fingerprint density at radius 1 is 0.909 bits per heavy atom. The molecule has 0 aliphatic rings. The number of hydrogen-bond donors (Lipinski definition) is 6. The number of carbonyl (C=O) groups excluding carboxylic acids is 3. The van der Waals surface area contributed by atoms with Crippen molar-refractivity contribution in [3.05, 3.63) is 35.9 Å². The highest BCUT2D eigenvalue weighted by atomic mass is 32.1. The van der Waals surface area contributed by atoms with Crippen molar-refractivity contribution in [2.24, 2.45) is 17.6 Å². The third-order valence-corrected chi connectivity index (χ3v) is 5.41. The zero-order chi connectivity index (χ0) is 25.1. The molecule has 3 amide bonds. The molecule has 0 saturated heterocycles. The fourth-order valence-corrected chi connectivity index (χ4v) is 3.33. The first-order valence-electron chi connectivity index (χ1n) is 11.0. The fourth-order valence-electron chi connectivity index (χ4n) is 3.16. The molecule has 0 aliphatic heterocycles. The molecule has 9 nitrogen and oxygen atoms in total. The van der Waals surface area contributed by atoms with E-state index in [2.05, 4.69) is 28.6 Å². The maximum absolute atomic E-state index is 13.2. The molecule has 0 aliphatic carbocycles. The molecule has 0 fully saturated rings. The van der Waals surface area contributed by atoms with Crippen LogP contribution in [0.15, 0.2) is 30.3 Å². The van der Waals surface area contributed by atoms with Crippen molar-refractivity contribution in [3.8, 4) is 0 Å². The number of amides is 3. The van der Waals surface area contributed by atoms with Crippen LogP contribution < -0.4 is 21.7 Å². The standard InChI is InChI=1S/C23H36N4O5S/c1-13(2)10-17(22(30)27-19(14(3)4)23(31)32)26-21(29)18(25-20(28)16(24)12-33)11-15-8-6-5-7-9-15/h5-9,13-14,16-19,33H,10-12,24H2,1-4H3,(H,25,28)(H,26,29)(H,27,30)(H,31,32). The third kappa shape index (κ3) is 9.83. The highest BCUT2D eigenvalue weighted by molar-refractivity contribution is 7.80. The number of rotatable bonds is 13. The molecule has 1 aromatic rings. The van der Waals surface area contributed by atoms with E-state index < -0.39 is 47.9 Å². The lowest BCUT2D eigenvalue weighted by atomic mass is 9.99. The van der Waals surface area contributed by atoms with Crippen LogP contribution in [0.25, 0.3) is 0 Å². The Bertz CT molecular complexity index is 803. The number of carboxylic acid groups (broad SMARTS) is 1. The minimum atomic E-state index is -1.15. The van der Waals surface area contributed by atoms with Crippen molar-refractivity contribution in [2.45, 2.75) is 64.7 Å². The Labute approximate surface area is 200 Å². The van der Waals surface area contributed by atoms with Gasteiger partial charge in [0.15, 0.2) is 0 Å². The molecule has 0 aromatic heterocycles. The molecular formula is C23H36N4O5S. The molecule has 0 radical (unpaired) electrons. The largest absolute Gasteiger partial charge is 0.480 e. The number of carboxylic acids is 1. The first-order chi connectivity index (χ1) is 15.5. The predicted octanol–water partition coefficient (Wildman–Crippen LogP) is 0.727. The Kier molecular flexibility index (Phi) is 11.9. The summed E-state index contributed by atoms with van der Waals surface area (Å²) in [5, 5.41) is 17.2. The molecular weight excluding hydrogens is 444 g/mol. The summed E-state index contributed by atoms with van der Waals surface area (Å²) < 4.78 is 0. The highest BCUT2D eigenvalue weighted by Gasteiger charge is 2.31. The van der Waals surface area contributed by atoms with E-state index in [-0.39, 0.29) is 24.0 Å². The van der Waals surface area contributed by atoms with Gasteiger partial charge in [-0.15, -0.1) is 0 Å². The molecule has 6 N–H and O–H groups in total. The van der Waals surface area contributed by atoms with E-state index in [4.69, 9.17) is 5.73 Å². The van der Waals surface area contributed by atoms with E-state index in [0.717, 1.165) is 5.56 Å². The minimum absolute atomic E-state index is 0.0446. The average Bonchev–Trinajstić information content (AvgIpc) is 2.75. The van der Waals surface area contributed by atoms with Gasteiger partial charge >= 0.3 is 5.97 Å². The Morgan fingerprint density at radius 3 is 1.94 bits per heavy atom. The molecule has 0 spiro atoms. The molecule has 0 saturated carbocycles. The molecule has 0 heterocycles. The summed E-state index contributed by atoms with van der Waals surface area (Å²) in [6, 6.07) is 5.20. The van der Waals surface area contributed by atoms with Crippen molar-refractivity contribution in [3.63, 3.8) is 0 Å². The van der Waals surface area contributed by atoms with E-state index >= 15 is 0 Å². The van der Waals surface area contributed by atoms with Crippen LogP contribution in [0.3, 0.4) is 0 Å². The quantitative estimate of drug-likeness (QED) is 0.229. The topological polar surface area (TPSA) is 151 Å². The lowest BCUT2D eigenvalue weighted by Gasteiger charge is -2.27. The SMILES string of the molecule is CC(C)CC(NC(=O)C(Cc1ccccc1)NC(=O)C(N)CS)C(=O)NC(C(=O)O)C(C)C. The molecule has 33 heavy (non-hydrogen) atoms.